The maximum Gasteiger partial charge on any atom is 0.224 e. The SMILES string of the molecule is O=C(Cc1c(F)cccc1F)NCc1cccc(CCl)c1. The van der Waals surface area contributed by atoms with Gasteiger partial charge in [0.1, 0.15) is 11.6 Å². The minimum absolute atomic E-state index is 0.218. The highest BCUT2D eigenvalue weighted by atomic mass is 35.5. The first-order chi connectivity index (χ1) is 10.1. The quantitative estimate of drug-likeness (QED) is 0.841. The molecule has 1 N–H and O–H groups in total. The first-order valence-corrected chi connectivity index (χ1v) is 6.97. The Bertz CT molecular complexity index is 626. The van der Waals surface area contributed by atoms with Crippen molar-refractivity contribution in [2.24, 2.45) is 0 Å². The number of benzene rings is 2. The summed E-state index contributed by atoms with van der Waals surface area (Å²) in [5.41, 5.74) is 1.61. The summed E-state index contributed by atoms with van der Waals surface area (Å²) in [6.45, 7) is 0.291. The molecule has 0 saturated carbocycles. The number of hydrogen-bond donors (Lipinski definition) is 1. The van der Waals surface area contributed by atoms with Gasteiger partial charge < -0.3 is 5.32 Å². The van der Waals surface area contributed by atoms with Gasteiger partial charge >= 0.3 is 0 Å². The van der Waals surface area contributed by atoms with Gasteiger partial charge in [0.05, 0.1) is 6.42 Å². The van der Waals surface area contributed by atoms with Crippen LogP contribution in [0.25, 0.3) is 0 Å². The highest BCUT2D eigenvalue weighted by Gasteiger charge is 2.12. The predicted molar refractivity (Wildman–Crippen MR) is 77.9 cm³/mol. The molecule has 0 aliphatic rings. The van der Waals surface area contributed by atoms with Gasteiger partial charge in [-0.05, 0) is 23.3 Å². The Hall–Kier alpha value is -1.94. The fourth-order valence-electron chi connectivity index (χ4n) is 1.95. The molecule has 0 spiro atoms. The fraction of sp³-hybridized carbons (Fsp3) is 0.188. The summed E-state index contributed by atoms with van der Waals surface area (Å²) in [4.78, 5) is 11.8. The lowest BCUT2D eigenvalue weighted by molar-refractivity contribution is -0.120. The smallest absolute Gasteiger partial charge is 0.224 e. The minimum Gasteiger partial charge on any atom is -0.352 e. The zero-order valence-corrected chi connectivity index (χ0v) is 12.0. The minimum atomic E-state index is -0.714. The van der Waals surface area contributed by atoms with E-state index in [1.807, 2.05) is 24.3 Å². The second kappa shape index (κ2) is 7.18. The molecule has 0 unspecified atom stereocenters. The topological polar surface area (TPSA) is 29.1 Å². The normalized spacial score (nSPS) is 10.4. The Morgan fingerprint density at radius 1 is 1.05 bits per heavy atom. The first-order valence-electron chi connectivity index (χ1n) is 6.43. The molecule has 110 valence electrons. The van der Waals surface area contributed by atoms with Crippen LogP contribution in [0.2, 0.25) is 0 Å². The lowest BCUT2D eigenvalue weighted by atomic mass is 10.1. The number of halogens is 3. The van der Waals surface area contributed by atoms with E-state index >= 15 is 0 Å². The Morgan fingerprint density at radius 2 is 1.67 bits per heavy atom. The molecule has 21 heavy (non-hydrogen) atoms. The summed E-state index contributed by atoms with van der Waals surface area (Å²) in [6.07, 6.45) is -0.326. The highest BCUT2D eigenvalue weighted by Crippen LogP contribution is 2.13. The Kier molecular flexibility index (Phi) is 5.28. The van der Waals surface area contributed by atoms with Crippen LogP contribution in [0.4, 0.5) is 8.78 Å². The number of alkyl halides is 1. The van der Waals surface area contributed by atoms with E-state index in [9.17, 15) is 13.6 Å². The lowest BCUT2D eigenvalue weighted by Crippen LogP contribution is -2.25. The van der Waals surface area contributed by atoms with Gasteiger partial charge in [0.25, 0.3) is 0 Å². The van der Waals surface area contributed by atoms with Crippen molar-refractivity contribution in [3.8, 4) is 0 Å². The van der Waals surface area contributed by atoms with Crippen molar-refractivity contribution in [1.29, 1.82) is 0 Å². The van der Waals surface area contributed by atoms with E-state index in [1.54, 1.807) is 0 Å². The molecule has 0 saturated heterocycles. The summed E-state index contributed by atoms with van der Waals surface area (Å²) < 4.78 is 26.9. The third-order valence-electron chi connectivity index (χ3n) is 3.03. The van der Waals surface area contributed by atoms with E-state index in [0.717, 1.165) is 23.3 Å². The summed E-state index contributed by atoms with van der Waals surface area (Å²) >= 11 is 5.73. The number of carbonyl (C=O) groups is 1. The molecule has 0 aromatic heterocycles. The van der Waals surface area contributed by atoms with Crippen LogP contribution in [0, 0.1) is 11.6 Å². The number of carbonyl (C=O) groups excluding carboxylic acids is 1. The molecule has 1 amide bonds. The van der Waals surface area contributed by atoms with Crippen molar-refractivity contribution >= 4 is 17.5 Å². The van der Waals surface area contributed by atoms with Crippen LogP contribution in [-0.4, -0.2) is 5.91 Å². The molecule has 0 radical (unpaired) electrons. The Morgan fingerprint density at radius 3 is 2.33 bits per heavy atom. The van der Waals surface area contributed by atoms with Crippen molar-refractivity contribution in [3.63, 3.8) is 0 Å². The molecule has 0 heterocycles. The zero-order chi connectivity index (χ0) is 15.2. The summed E-state index contributed by atoms with van der Waals surface area (Å²) in [5.74, 6) is -1.47. The third-order valence-corrected chi connectivity index (χ3v) is 3.34. The molecular weight excluding hydrogens is 296 g/mol. The van der Waals surface area contributed by atoms with Gasteiger partial charge in [-0.25, -0.2) is 8.78 Å². The molecule has 0 aliphatic heterocycles. The highest BCUT2D eigenvalue weighted by molar-refractivity contribution is 6.17. The van der Waals surface area contributed by atoms with E-state index < -0.39 is 17.5 Å². The van der Waals surface area contributed by atoms with Crippen molar-refractivity contribution in [3.05, 3.63) is 70.8 Å². The maximum atomic E-state index is 13.4. The maximum absolute atomic E-state index is 13.4. The monoisotopic (exact) mass is 309 g/mol. The summed E-state index contributed by atoms with van der Waals surface area (Å²) in [7, 11) is 0. The van der Waals surface area contributed by atoms with Crippen molar-refractivity contribution < 1.29 is 13.6 Å². The van der Waals surface area contributed by atoms with Gasteiger partial charge in [0, 0.05) is 18.0 Å². The van der Waals surface area contributed by atoms with Crippen LogP contribution < -0.4 is 5.32 Å². The zero-order valence-electron chi connectivity index (χ0n) is 11.2. The Labute approximate surface area is 126 Å². The van der Waals surface area contributed by atoms with Crippen LogP contribution in [0.3, 0.4) is 0 Å². The van der Waals surface area contributed by atoms with Crippen LogP contribution >= 0.6 is 11.6 Å². The average molecular weight is 310 g/mol. The van der Waals surface area contributed by atoms with E-state index in [4.69, 9.17) is 11.6 Å². The number of amides is 1. The van der Waals surface area contributed by atoms with E-state index in [-0.39, 0.29) is 12.0 Å². The Balaban J connectivity index is 1.96. The van der Waals surface area contributed by atoms with Crippen LogP contribution in [-0.2, 0) is 23.6 Å². The van der Waals surface area contributed by atoms with Crippen molar-refractivity contribution in [2.75, 3.05) is 0 Å². The number of rotatable bonds is 5. The van der Waals surface area contributed by atoms with E-state index in [2.05, 4.69) is 5.32 Å². The second-order valence-electron chi connectivity index (χ2n) is 4.61. The molecule has 0 atom stereocenters. The van der Waals surface area contributed by atoms with E-state index in [1.165, 1.54) is 6.07 Å². The van der Waals surface area contributed by atoms with Crippen LogP contribution in [0.15, 0.2) is 42.5 Å². The molecule has 2 aromatic carbocycles. The summed E-state index contributed by atoms with van der Waals surface area (Å²) in [6, 6.07) is 11.0. The fourth-order valence-corrected chi connectivity index (χ4v) is 2.11. The van der Waals surface area contributed by atoms with Crippen molar-refractivity contribution in [1.82, 2.24) is 5.32 Å². The average Bonchev–Trinajstić information content (AvgIpc) is 2.49. The van der Waals surface area contributed by atoms with Crippen molar-refractivity contribution in [2.45, 2.75) is 18.8 Å². The first kappa shape index (κ1) is 15.4. The molecular formula is C16H14ClF2NO. The molecule has 0 aliphatic carbocycles. The summed E-state index contributed by atoms with van der Waals surface area (Å²) in [5, 5.41) is 2.64. The number of nitrogens with one attached hydrogen (secondary N) is 1. The molecule has 2 nitrogen and oxygen atoms in total. The van der Waals surface area contributed by atoms with Gasteiger partial charge in [-0.2, -0.15) is 0 Å². The van der Waals surface area contributed by atoms with Gasteiger partial charge in [-0.15, -0.1) is 11.6 Å². The van der Waals surface area contributed by atoms with Gasteiger partial charge in [-0.3, -0.25) is 4.79 Å². The van der Waals surface area contributed by atoms with Gasteiger partial charge in [0.15, 0.2) is 0 Å². The third kappa shape index (κ3) is 4.26. The molecule has 0 fully saturated rings. The van der Waals surface area contributed by atoms with E-state index in [0.29, 0.717) is 12.4 Å². The molecule has 5 heteroatoms. The molecule has 0 bridgehead atoms. The van der Waals surface area contributed by atoms with Crippen LogP contribution in [0.1, 0.15) is 16.7 Å². The lowest BCUT2D eigenvalue weighted by Gasteiger charge is -2.08. The van der Waals surface area contributed by atoms with Gasteiger partial charge in [0.2, 0.25) is 5.91 Å². The molecule has 2 rings (SSSR count). The van der Waals surface area contributed by atoms with Gasteiger partial charge in [-0.1, -0.05) is 30.3 Å². The second-order valence-corrected chi connectivity index (χ2v) is 4.87. The van der Waals surface area contributed by atoms with Crippen LogP contribution in [0.5, 0.6) is 0 Å². The predicted octanol–water partition coefficient (Wildman–Crippen LogP) is 3.56. The molecule has 2 aromatic rings. The standard InChI is InChI=1S/C16H14ClF2NO/c17-9-11-3-1-4-12(7-11)10-20-16(21)8-13-14(18)5-2-6-15(13)19/h1-7H,8-10H2,(H,20,21). The number of hydrogen-bond acceptors (Lipinski definition) is 1. The largest absolute Gasteiger partial charge is 0.352 e.